The first-order valence-corrected chi connectivity index (χ1v) is 11.7. The Morgan fingerprint density at radius 1 is 1.16 bits per heavy atom. The van der Waals surface area contributed by atoms with E-state index in [1.807, 2.05) is 0 Å². The van der Waals surface area contributed by atoms with Gasteiger partial charge < -0.3 is 10.2 Å². The summed E-state index contributed by atoms with van der Waals surface area (Å²) in [6.07, 6.45) is 0.993. The molecule has 168 valence electrons. The van der Waals surface area contributed by atoms with Crippen molar-refractivity contribution in [1.82, 2.24) is 10.2 Å². The maximum Gasteiger partial charge on any atom is 0.244 e. The molecule has 0 saturated heterocycles. The van der Waals surface area contributed by atoms with E-state index in [1.54, 1.807) is 25.1 Å². The maximum atomic E-state index is 13.3. The maximum absolute atomic E-state index is 13.3. The molecule has 2 aromatic carbocycles. The highest BCUT2D eigenvalue weighted by atomic mass is 35.5. The predicted molar refractivity (Wildman–Crippen MR) is 119 cm³/mol. The number of anilines is 1. The normalized spacial score (nSPS) is 12.2. The molecule has 2 aromatic rings. The molecule has 31 heavy (non-hydrogen) atoms. The van der Waals surface area contributed by atoms with Crippen molar-refractivity contribution in [3.8, 4) is 0 Å². The highest BCUT2D eigenvalue weighted by Crippen LogP contribution is 2.28. The number of nitrogens with zero attached hydrogens (tertiary/aromatic N) is 2. The monoisotopic (exact) mass is 469 g/mol. The smallest absolute Gasteiger partial charge is 0.244 e. The Labute approximate surface area is 186 Å². The summed E-state index contributed by atoms with van der Waals surface area (Å²) in [7, 11) is -2.40. The van der Waals surface area contributed by atoms with E-state index in [-0.39, 0.29) is 12.2 Å². The number of sulfonamides is 1. The molecule has 0 aliphatic heterocycles. The fourth-order valence-electron chi connectivity index (χ4n) is 3.04. The largest absolute Gasteiger partial charge is 0.357 e. The Morgan fingerprint density at radius 3 is 2.32 bits per heavy atom. The fourth-order valence-corrected chi connectivity index (χ4v) is 4.11. The van der Waals surface area contributed by atoms with Crippen molar-refractivity contribution in [2.24, 2.45) is 0 Å². The van der Waals surface area contributed by atoms with Crippen molar-refractivity contribution in [2.75, 3.05) is 24.2 Å². The molecular weight excluding hydrogens is 445 g/mol. The van der Waals surface area contributed by atoms with Gasteiger partial charge in [0.05, 0.1) is 11.9 Å². The summed E-state index contributed by atoms with van der Waals surface area (Å²) in [6, 6.07) is 9.39. The van der Waals surface area contributed by atoms with Crippen LogP contribution in [0, 0.1) is 12.7 Å². The van der Waals surface area contributed by atoms with E-state index in [9.17, 15) is 22.4 Å². The van der Waals surface area contributed by atoms with Crippen LogP contribution in [0.2, 0.25) is 5.02 Å². The van der Waals surface area contributed by atoms with E-state index >= 15 is 0 Å². The minimum absolute atomic E-state index is 0.000169. The third-order valence-electron chi connectivity index (χ3n) is 4.87. The summed E-state index contributed by atoms with van der Waals surface area (Å²) in [5.74, 6) is -1.44. The Kier molecular flexibility index (Phi) is 8.02. The van der Waals surface area contributed by atoms with E-state index in [1.165, 1.54) is 43.1 Å². The number of hydrogen-bond donors (Lipinski definition) is 1. The lowest BCUT2D eigenvalue weighted by Crippen LogP contribution is -2.50. The molecule has 1 N–H and O–H groups in total. The fraction of sp³-hybridized carbons (Fsp3) is 0.333. The lowest BCUT2D eigenvalue weighted by Gasteiger charge is -2.31. The van der Waals surface area contributed by atoms with E-state index in [0.29, 0.717) is 16.1 Å². The van der Waals surface area contributed by atoms with Crippen LogP contribution < -0.4 is 9.62 Å². The average molecular weight is 470 g/mol. The molecule has 0 saturated carbocycles. The van der Waals surface area contributed by atoms with Gasteiger partial charge in [-0.1, -0.05) is 29.8 Å². The Morgan fingerprint density at radius 2 is 1.77 bits per heavy atom. The summed E-state index contributed by atoms with van der Waals surface area (Å²) < 4.78 is 39.2. The number of nitrogens with one attached hydrogen (secondary N) is 1. The van der Waals surface area contributed by atoms with Crippen LogP contribution in [0.5, 0.6) is 0 Å². The van der Waals surface area contributed by atoms with Crippen molar-refractivity contribution < 1.29 is 22.4 Å². The van der Waals surface area contributed by atoms with Gasteiger partial charge in [0.2, 0.25) is 21.8 Å². The third kappa shape index (κ3) is 6.18. The van der Waals surface area contributed by atoms with Gasteiger partial charge in [0.1, 0.15) is 18.4 Å². The second-order valence-corrected chi connectivity index (χ2v) is 9.41. The molecule has 7 nitrogen and oxygen atoms in total. The molecule has 0 aromatic heterocycles. The number of carbonyl (C=O) groups is 2. The van der Waals surface area contributed by atoms with Crippen LogP contribution in [0.3, 0.4) is 0 Å². The van der Waals surface area contributed by atoms with Crippen LogP contribution in [0.15, 0.2) is 42.5 Å². The van der Waals surface area contributed by atoms with E-state index in [2.05, 4.69) is 5.32 Å². The van der Waals surface area contributed by atoms with Crippen molar-refractivity contribution in [3.63, 3.8) is 0 Å². The first kappa shape index (κ1) is 24.6. The zero-order valence-electron chi connectivity index (χ0n) is 17.7. The Balaban J connectivity index is 2.42. The molecular formula is C21H25ClFN3O4S. The molecule has 2 rings (SSSR count). The van der Waals surface area contributed by atoms with Crippen molar-refractivity contribution >= 4 is 39.1 Å². The molecule has 1 unspecified atom stereocenters. The van der Waals surface area contributed by atoms with Crippen LogP contribution in [-0.4, -0.2) is 51.0 Å². The SMILES string of the molecule is CNC(=O)C(C)N(Cc1ccc(F)cc1)C(=O)CN(c1cccc(Cl)c1C)S(C)(=O)=O. The molecule has 0 aliphatic carbocycles. The molecule has 0 aliphatic rings. The van der Waals surface area contributed by atoms with E-state index in [0.717, 1.165) is 10.6 Å². The molecule has 0 heterocycles. The van der Waals surface area contributed by atoms with Gasteiger partial charge in [0, 0.05) is 18.6 Å². The third-order valence-corrected chi connectivity index (χ3v) is 6.40. The Bertz CT molecular complexity index is 1060. The van der Waals surface area contributed by atoms with Crippen LogP contribution in [0.4, 0.5) is 10.1 Å². The van der Waals surface area contributed by atoms with Crippen molar-refractivity contribution in [1.29, 1.82) is 0 Å². The summed E-state index contributed by atoms with van der Waals surface area (Å²) in [5, 5.41) is 2.85. The van der Waals surface area contributed by atoms with Gasteiger partial charge in [0.25, 0.3) is 0 Å². The lowest BCUT2D eigenvalue weighted by atomic mass is 10.1. The van der Waals surface area contributed by atoms with Crippen LogP contribution in [0.25, 0.3) is 0 Å². The van der Waals surface area contributed by atoms with Crippen molar-refractivity contribution in [2.45, 2.75) is 26.4 Å². The van der Waals surface area contributed by atoms with E-state index in [4.69, 9.17) is 11.6 Å². The number of likely N-dealkylation sites (N-methyl/N-ethyl adjacent to an activating group) is 1. The minimum atomic E-state index is -3.84. The first-order chi connectivity index (χ1) is 14.5. The second kappa shape index (κ2) is 10.1. The van der Waals surface area contributed by atoms with Gasteiger partial charge in [-0.05, 0) is 49.2 Å². The summed E-state index contributed by atoms with van der Waals surface area (Å²) in [4.78, 5) is 26.7. The zero-order valence-corrected chi connectivity index (χ0v) is 19.3. The Hall–Kier alpha value is -2.65. The van der Waals surface area contributed by atoms with Gasteiger partial charge in [0.15, 0.2) is 0 Å². The predicted octanol–water partition coefficient (Wildman–Crippen LogP) is 2.72. The first-order valence-electron chi connectivity index (χ1n) is 9.44. The van der Waals surface area contributed by atoms with Gasteiger partial charge in [-0.25, -0.2) is 12.8 Å². The molecule has 0 fully saturated rings. The van der Waals surface area contributed by atoms with Crippen LogP contribution in [-0.2, 0) is 26.2 Å². The summed E-state index contributed by atoms with van der Waals surface area (Å²) in [6.45, 7) is 2.67. The number of rotatable bonds is 8. The van der Waals surface area contributed by atoms with Crippen molar-refractivity contribution in [3.05, 3.63) is 64.4 Å². The van der Waals surface area contributed by atoms with Gasteiger partial charge in [-0.2, -0.15) is 0 Å². The lowest BCUT2D eigenvalue weighted by molar-refractivity contribution is -0.139. The standard InChI is InChI=1S/C21H25ClFN3O4S/c1-14-18(22)6-5-7-19(14)26(31(4,29)30)13-20(27)25(15(2)21(28)24-3)12-16-8-10-17(23)11-9-16/h5-11,15H,12-13H2,1-4H3,(H,24,28). The number of benzene rings is 2. The van der Waals surface area contributed by atoms with Gasteiger partial charge in [-0.15, -0.1) is 0 Å². The number of carbonyl (C=O) groups excluding carboxylic acids is 2. The second-order valence-electron chi connectivity index (χ2n) is 7.09. The van der Waals surface area contributed by atoms with Crippen LogP contribution in [0.1, 0.15) is 18.1 Å². The molecule has 10 heteroatoms. The molecule has 0 spiro atoms. The topological polar surface area (TPSA) is 86.8 Å². The molecule has 2 amide bonds. The van der Waals surface area contributed by atoms with E-state index < -0.39 is 40.2 Å². The number of amides is 2. The molecule has 1 atom stereocenters. The minimum Gasteiger partial charge on any atom is -0.357 e. The van der Waals surface area contributed by atoms with Gasteiger partial charge in [-0.3, -0.25) is 13.9 Å². The number of halogens is 2. The summed E-state index contributed by atoms with van der Waals surface area (Å²) in [5.41, 5.74) is 1.37. The molecule has 0 radical (unpaired) electrons. The summed E-state index contributed by atoms with van der Waals surface area (Å²) >= 11 is 6.14. The van der Waals surface area contributed by atoms with Gasteiger partial charge >= 0.3 is 0 Å². The molecule has 0 bridgehead atoms. The van der Waals surface area contributed by atoms with Crippen LogP contribution >= 0.6 is 11.6 Å². The number of hydrogen-bond acceptors (Lipinski definition) is 4. The average Bonchev–Trinajstić information content (AvgIpc) is 2.71. The quantitative estimate of drug-likeness (QED) is 0.644. The zero-order chi connectivity index (χ0) is 23.3. The highest BCUT2D eigenvalue weighted by molar-refractivity contribution is 7.92. The highest BCUT2D eigenvalue weighted by Gasteiger charge is 2.30.